The van der Waals surface area contributed by atoms with Crippen LogP contribution in [-0.2, 0) is 7.05 Å². The van der Waals surface area contributed by atoms with Gasteiger partial charge in [-0.25, -0.2) is 4.79 Å². The molecule has 2 N–H and O–H groups in total. The third-order valence-corrected chi connectivity index (χ3v) is 5.07. The summed E-state index contributed by atoms with van der Waals surface area (Å²) in [5.74, 6) is -1.57. The normalized spacial score (nSPS) is 16.0. The summed E-state index contributed by atoms with van der Waals surface area (Å²) in [6, 6.07) is 9.63. The fourth-order valence-electron chi connectivity index (χ4n) is 3.59. The second-order valence-electron chi connectivity index (χ2n) is 6.96. The molecule has 1 aromatic heterocycles. The number of aromatic carboxylic acids is 1. The number of carboxylic acid groups (broad SMARTS) is 1. The number of hydrogen-bond acceptors (Lipinski definition) is 4. The van der Waals surface area contributed by atoms with Gasteiger partial charge < -0.3 is 15.3 Å². The van der Waals surface area contributed by atoms with Crippen LogP contribution in [0, 0.1) is 0 Å². The monoisotopic (exact) mass is 370 g/mol. The molecular weight excluding hydrogens is 344 g/mol. The highest BCUT2D eigenvalue weighted by molar-refractivity contribution is 6.03. The summed E-state index contributed by atoms with van der Waals surface area (Å²) in [7, 11) is 1.58. The van der Waals surface area contributed by atoms with Crippen molar-refractivity contribution in [2.75, 3.05) is 19.6 Å². The van der Waals surface area contributed by atoms with Gasteiger partial charge in [0.1, 0.15) is 11.3 Å². The number of carbonyl (C=O) groups is 2. The molecule has 1 saturated heterocycles. The minimum atomic E-state index is -1.15. The summed E-state index contributed by atoms with van der Waals surface area (Å²) in [5, 5.41) is 16.3. The van der Waals surface area contributed by atoms with Crippen LogP contribution in [0.3, 0.4) is 0 Å². The van der Waals surface area contributed by atoms with Crippen LogP contribution < -0.4 is 5.32 Å². The highest BCUT2D eigenvalue weighted by Gasteiger charge is 2.25. The predicted molar refractivity (Wildman–Crippen MR) is 102 cm³/mol. The van der Waals surface area contributed by atoms with Crippen molar-refractivity contribution in [3.05, 3.63) is 53.3 Å². The molecule has 0 aliphatic carbocycles. The maximum absolute atomic E-state index is 12.8. The van der Waals surface area contributed by atoms with E-state index < -0.39 is 11.9 Å². The van der Waals surface area contributed by atoms with Crippen LogP contribution in [0.2, 0.25) is 0 Å². The molecule has 1 aliphatic rings. The minimum Gasteiger partial charge on any atom is -0.478 e. The van der Waals surface area contributed by atoms with Crippen molar-refractivity contribution in [1.82, 2.24) is 20.0 Å². The van der Waals surface area contributed by atoms with Gasteiger partial charge in [-0.2, -0.15) is 5.10 Å². The average Bonchev–Trinajstić information content (AvgIpc) is 3.08. The molecule has 1 aliphatic heterocycles. The lowest BCUT2D eigenvalue weighted by atomic mass is 10.0. The Kier molecular flexibility index (Phi) is 6.24. The lowest BCUT2D eigenvalue weighted by Gasteiger charge is -2.28. The molecule has 0 saturated carbocycles. The van der Waals surface area contributed by atoms with E-state index in [1.165, 1.54) is 30.1 Å². The highest BCUT2D eigenvalue weighted by Crippen LogP contribution is 2.20. The summed E-state index contributed by atoms with van der Waals surface area (Å²) >= 11 is 0. The summed E-state index contributed by atoms with van der Waals surface area (Å²) in [6.07, 6.45) is 5.71. The van der Waals surface area contributed by atoms with Crippen molar-refractivity contribution in [3.63, 3.8) is 0 Å². The van der Waals surface area contributed by atoms with Gasteiger partial charge in [-0.3, -0.25) is 9.48 Å². The Morgan fingerprint density at radius 3 is 2.56 bits per heavy atom. The van der Waals surface area contributed by atoms with Crippen LogP contribution in [0.4, 0.5) is 0 Å². The number of aryl methyl sites for hydroxylation is 1. The van der Waals surface area contributed by atoms with Gasteiger partial charge in [-0.15, -0.1) is 0 Å². The van der Waals surface area contributed by atoms with E-state index in [0.717, 1.165) is 31.6 Å². The smallest absolute Gasteiger partial charge is 0.339 e. The van der Waals surface area contributed by atoms with Crippen LogP contribution >= 0.6 is 0 Å². The molecule has 2 aromatic rings. The molecule has 27 heavy (non-hydrogen) atoms. The van der Waals surface area contributed by atoms with Crippen molar-refractivity contribution in [3.8, 4) is 0 Å². The first-order valence-corrected chi connectivity index (χ1v) is 9.39. The summed E-state index contributed by atoms with van der Waals surface area (Å²) in [4.78, 5) is 26.7. The summed E-state index contributed by atoms with van der Waals surface area (Å²) < 4.78 is 1.31. The number of likely N-dealkylation sites (tertiary alicyclic amines) is 1. The Hall–Kier alpha value is -2.67. The quantitative estimate of drug-likeness (QED) is 0.782. The number of hydrogen-bond donors (Lipinski definition) is 2. The molecule has 1 fully saturated rings. The summed E-state index contributed by atoms with van der Waals surface area (Å²) in [5.41, 5.74) is 1.00. The second kappa shape index (κ2) is 8.81. The number of nitrogens with zero attached hydrogens (tertiary/aromatic N) is 3. The van der Waals surface area contributed by atoms with Crippen molar-refractivity contribution in [2.24, 2.45) is 7.05 Å². The lowest BCUT2D eigenvalue weighted by Crippen LogP contribution is -2.36. The fourth-order valence-corrected chi connectivity index (χ4v) is 3.59. The minimum absolute atomic E-state index is 0.0707. The largest absolute Gasteiger partial charge is 0.478 e. The Morgan fingerprint density at radius 2 is 1.89 bits per heavy atom. The van der Waals surface area contributed by atoms with E-state index >= 15 is 0 Å². The molecule has 2 heterocycles. The van der Waals surface area contributed by atoms with Crippen LogP contribution in [0.25, 0.3) is 0 Å². The van der Waals surface area contributed by atoms with E-state index in [0.29, 0.717) is 0 Å². The Morgan fingerprint density at radius 1 is 1.19 bits per heavy atom. The number of carbonyl (C=O) groups excluding carboxylic acids is 1. The SMILES string of the molecule is Cn1ncc(C(=O)O)c1C(=O)N[C@H](CCN1CCCCC1)c1ccccc1. The second-order valence-corrected chi connectivity index (χ2v) is 6.96. The van der Waals surface area contributed by atoms with E-state index in [-0.39, 0.29) is 17.3 Å². The van der Waals surface area contributed by atoms with Gasteiger partial charge in [-0.1, -0.05) is 36.8 Å². The molecule has 0 radical (unpaired) electrons. The van der Waals surface area contributed by atoms with E-state index in [2.05, 4.69) is 15.3 Å². The van der Waals surface area contributed by atoms with Crippen LogP contribution in [0.15, 0.2) is 36.5 Å². The van der Waals surface area contributed by atoms with Crippen LogP contribution in [-0.4, -0.2) is 51.3 Å². The maximum Gasteiger partial charge on any atom is 0.339 e. The zero-order valence-electron chi connectivity index (χ0n) is 15.6. The number of rotatable bonds is 7. The molecule has 1 amide bonds. The number of aromatic nitrogens is 2. The van der Waals surface area contributed by atoms with Crippen molar-refractivity contribution in [1.29, 1.82) is 0 Å². The van der Waals surface area contributed by atoms with E-state index in [1.807, 2.05) is 30.3 Å². The standard InChI is InChI=1S/C20H26N4O3/c1-23-18(16(14-21-23)20(26)27)19(25)22-17(15-8-4-2-5-9-15)10-13-24-11-6-3-7-12-24/h2,4-5,8-9,14,17H,3,6-7,10-13H2,1H3,(H,22,25)(H,26,27)/t17-/m1/s1. The van der Waals surface area contributed by atoms with E-state index in [9.17, 15) is 14.7 Å². The highest BCUT2D eigenvalue weighted by atomic mass is 16.4. The number of piperidine rings is 1. The number of nitrogens with one attached hydrogen (secondary N) is 1. The zero-order valence-corrected chi connectivity index (χ0v) is 15.6. The molecule has 1 atom stereocenters. The molecule has 0 spiro atoms. The van der Waals surface area contributed by atoms with Crippen molar-refractivity contribution >= 4 is 11.9 Å². The molecule has 3 rings (SSSR count). The maximum atomic E-state index is 12.8. The predicted octanol–water partition coefficient (Wildman–Crippen LogP) is 2.47. The molecule has 1 aromatic carbocycles. The number of carboxylic acids is 1. The van der Waals surface area contributed by atoms with Gasteiger partial charge in [0.25, 0.3) is 5.91 Å². The van der Waals surface area contributed by atoms with Crippen LogP contribution in [0.1, 0.15) is 58.1 Å². The molecular formula is C20H26N4O3. The van der Waals surface area contributed by atoms with E-state index in [1.54, 1.807) is 7.05 Å². The first kappa shape index (κ1) is 19.1. The third-order valence-electron chi connectivity index (χ3n) is 5.07. The van der Waals surface area contributed by atoms with Crippen molar-refractivity contribution in [2.45, 2.75) is 31.7 Å². The average molecular weight is 370 g/mol. The first-order chi connectivity index (χ1) is 13.1. The van der Waals surface area contributed by atoms with Gasteiger partial charge in [0.2, 0.25) is 0 Å². The third kappa shape index (κ3) is 4.74. The molecule has 7 nitrogen and oxygen atoms in total. The molecule has 144 valence electrons. The topological polar surface area (TPSA) is 87.5 Å². The van der Waals surface area contributed by atoms with Gasteiger partial charge in [0, 0.05) is 13.6 Å². The van der Waals surface area contributed by atoms with Gasteiger partial charge in [-0.05, 0) is 37.9 Å². The zero-order chi connectivity index (χ0) is 19.2. The van der Waals surface area contributed by atoms with E-state index in [4.69, 9.17) is 0 Å². The Balaban J connectivity index is 1.75. The number of amides is 1. The summed E-state index contributed by atoms with van der Waals surface area (Å²) in [6.45, 7) is 3.09. The van der Waals surface area contributed by atoms with Gasteiger partial charge >= 0.3 is 5.97 Å². The van der Waals surface area contributed by atoms with Gasteiger partial charge in [0.15, 0.2) is 0 Å². The van der Waals surface area contributed by atoms with Crippen molar-refractivity contribution < 1.29 is 14.7 Å². The molecule has 7 heteroatoms. The molecule has 0 bridgehead atoms. The lowest BCUT2D eigenvalue weighted by molar-refractivity contribution is 0.0689. The molecule has 0 unspecified atom stereocenters. The fraction of sp³-hybridized carbons (Fsp3) is 0.450. The Labute approximate surface area is 159 Å². The number of benzene rings is 1. The first-order valence-electron chi connectivity index (χ1n) is 9.39. The Bertz CT molecular complexity index is 782. The van der Waals surface area contributed by atoms with Gasteiger partial charge in [0.05, 0.1) is 12.2 Å². The van der Waals surface area contributed by atoms with Crippen LogP contribution in [0.5, 0.6) is 0 Å².